The van der Waals surface area contributed by atoms with E-state index in [1.807, 2.05) is 59.3 Å². The molecule has 0 atom stereocenters. The largest absolute Gasteiger partial charge is 0.469 e. The quantitative estimate of drug-likeness (QED) is 0.528. The fourth-order valence-electron chi connectivity index (χ4n) is 4.57. The van der Waals surface area contributed by atoms with E-state index in [0.717, 1.165) is 28.7 Å². The van der Waals surface area contributed by atoms with Crippen LogP contribution in [0.3, 0.4) is 0 Å². The Bertz CT molecular complexity index is 1130. The second kappa shape index (κ2) is 10.2. The zero-order chi connectivity index (χ0) is 23.4. The number of ether oxygens (including phenoxy) is 1. The number of likely N-dealkylation sites (N-methyl/N-ethyl adjacent to an activating group) is 1. The summed E-state index contributed by atoms with van der Waals surface area (Å²) in [7, 11) is 1.41. The minimum atomic E-state index is -0.185. The third-order valence-corrected chi connectivity index (χ3v) is 7.18. The van der Waals surface area contributed by atoms with E-state index in [-0.39, 0.29) is 36.3 Å². The number of para-hydroxylation sites is 1. The van der Waals surface area contributed by atoms with E-state index in [0.29, 0.717) is 25.1 Å². The van der Waals surface area contributed by atoms with Gasteiger partial charge in [0.2, 0.25) is 5.91 Å². The molecule has 1 saturated carbocycles. The van der Waals surface area contributed by atoms with Gasteiger partial charge in [-0.1, -0.05) is 18.2 Å². The molecule has 1 fully saturated rings. The molecule has 0 radical (unpaired) electrons. The van der Waals surface area contributed by atoms with Gasteiger partial charge in [0.05, 0.1) is 23.2 Å². The van der Waals surface area contributed by atoms with Crippen LogP contribution in [-0.4, -0.2) is 42.0 Å². The smallest absolute Gasteiger partial charge is 0.308 e. The van der Waals surface area contributed by atoms with Crippen LogP contribution in [0.25, 0.3) is 10.2 Å². The van der Waals surface area contributed by atoms with Gasteiger partial charge in [0, 0.05) is 18.3 Å². The van der Waals surface area contributed by atoms with E-state index in [4.69, 9.17) is 4.74 Å². The molecule has 2 amide bonds. The molecule has 3 aromatic rings. The number of carbonyl (C=O) groups excluding carboxylic acids is 3. The predicted molar refractivity (Wildman–Crippen MR) is 130 cm³/mol. The second-order valence-electron chi connectivity index (χ2n) is 8.30. The Hall–Kier alpha value is -3.13. The summed E-state index contributed by atoms with van der Waals surface area (Å²) in [5, 5.41) is 5.09. The number of hydrogen-bond donors (Lipinski definition) is 1. The molecule has 1 aromatic carbocycles. The molecule has 7 nitrogen and oxygen atoms in total. The number of esters is 1. The number of benzene rings is 1. The summed E-state index contributed by atoms with van der Waals surface area (Å²) in [6.07, 6.45) is 2.87. The van der Waals surface area contributed by atoms with Gasteiger partial charge in [-0.05, 0) is 62.3 Å². The summed E-state index contributed by atoms with van der Waals surface area (Å²) < 4.78 is 7.64. The van der Waals surface area contributed by atoms with E-state index >= 15 is 0 Å². The number of hydrogen-bond acceptors (Lipinski definition) is 5. The van der Waals surface area contributed by atoms with Crippen molar-refractivity contribution in [2.75, 3.05) is 18.6 Å². The topological polar surface area (TPSA) is 80.6 Å². The van der Waals surface area contributed by atoms with Crippen molar-refractivity contribution < 1.29 is 19.1 Å². The van der Waals surface area contributed by atoms with Gasteiger partial charge in [-0.25, -0.2) is 0 Å². The average molecular weight is 468 g/mol. The highest BCUT2D eigenvalue weighted by Crippen LogP contribution is 2.28. The summed E-state index contributed by atoms with van der Waals surface area (Å²) in [5.41, 5.74) is 2.22. The van der Waals surface area contributed by atoms with Crippen LogP contribution < -0.4 is 10.2 Å². The number of nitrogens with one attached hydrogen (secondary N) is 1. The van der Waals surface area contributed by atoms with Gasteiger partial charge >= 0.3 is 5.97 Å². The number of rotatable bonds is 7. The van der Waals surface area contributed by atoms with Crippen LogP contribution in [0.1, 0.15) is 43.1 Å². The molecule has 0 aliphatic heterocycles. The molecule has 2 aromatic heterocycles. The number of methoxy groups -OCH3 is 1. The minimum absolute atomic E-state index is 0.00644. The molecule has 1 N–H and O–H groups in total. The third kappa shape index (κ3) is 4.95. The Kier molecular flexibility index (Phi) is 7.13. The lowest BCUT2D eigenvalue weighted by Crippen LogP contribution is -2.40. The third-order valence-electron chi connectivity index (χ3n) is 6.33. The number of amides is 2. The van der Waals surface area contributed by atoms with E-state index in [9.17, 15) is 14.4 Å². The molecule has 0 unspecified atom stereocenters. The van der Waals surface area contributed by atoms with Gasteiger partial charge in [0.25, 0.3) is 5.91 Å². The first-order valence-electron chi connectivity index (χ1n) is 11.3. The molecular formula is C25H29N3O4S. The molecule has 174 valence electrons. The average Bonchev–Trinajstić information content (AvgIpc) is 3.43. The van der Waals surface area contributed by atoms with E-state index in [2.05, 4.69) is 5.32 Å². The van der Waals surface area contributed by atoms with Gasteiger partial charge in [0.15, 0.2) is 0 Å². The van der Waals surface area contributed by atoms with Gasteiger partial charge in [-0.3, -0.25) is 14.4 Å². The summed E-state index contributed by atoms with van der Waals surface area (Å²) in [5.74, 6) is -0.519. The Morgan fingerprint density at radius 1 is 1.12 bits per heavy atom. The zero-order valence-electron chi connectivity index (χ0n) is 19.0. The monoisotopic (exact) mass is 467 g/mol. The van der Waals surface area contributed by atoms with Crippen LogP contribution in [0.15, 0.2) is 47.8 Å². The first-order chi connectivity index (χ1) is 16.0. The normalized spacial score (nSPS) is 18.1. The van der Waals surface area contributed by atoms with Gasteiger partial charge in [-0.2, -0.15) is 0 Å². The summed E-state index contributed by atoms with van der Waals surface area (Å²) in [6.45, 7) is 2.57. The number of fused-ring (bicyclic) bond motifs is 1. The highest BCUT2D eigenvalue weighted by atomic mass is 32.1. The Labute approximate surface area is 197 Å². The van der Waals surface area contributed by atoms with Crippen molar-refractivity contribution in [3.05, 3.63) is 53.5 Å². The highest BCUT2D eigenvalue weighted by Gasteiger charge is 2.29. The fourth-order valence-corrected chi connectivity index (χ4v) is 5.39. The molecule has 0 spiro atoms. The highest BCUT2D eigenvalue weighted by molar-refractivity contribution is 7.17. The number of carbonyl (C=O) groups is 3. The molecule has 1 aliphatic rings. The maximum absolute atomic E-state index is 13.2. The van der Waals surface area contributed by atoms with Crippen molar-refractivity contribution in [3.63, 3.8) is 0 Å². The summed E-state index contributed by atoms with van der Waals surface area (Å²) >= 11 is 1.55. The van der Waals surface area contributed by atoms with Gasteiger partial charge in [-0.15, -0.1) is 11.3 Å². The molecule has 8 heteroatoms. The van der Waals surface area contributed by atoms with Crippen molar-refractivity contribution in [2.24, 2.45) is 5.92 Å². The number of anilines is 1. The molecule has 1 aliphatic carbocycles. The van der Waals surface area contributed by atoms with E-state index < -0.39 is 0 Å². The van der Waals surface area contributed by atoms with Crippen molar-refractivity contribution in [1.29, 1.82) is 0 Å². The Morgan fingerprint density at radius 2 is 1.85 bits per heavy atom. The van der Waals surface area contributed by atoms with Crippen molar-refractivity contribution in [2.45, 2.75) is 45.2 Å². The fraction of sp³-hybridized carbons (Fsp3) is 0.400. The van der Waals surface area contributed by atoms with Crippen LogP contribution in [0.4, 0.5) is 5.69 Å². The molecule has 0 saturated heterocycles. The van der Waals surface area contributed by atoms with E-state index in [1.54, 1.807) is 16.2 Å². The number of thiophene rings is 1. The maximum atomic E-state index is 13.2. The Balaban J connectivity index is 1.50. The molecule has 2 heterocycles. The Morgan fingerprint density at radius 3 is 2.52 bits per heavy atom. The lowest BCUT2D eigenvalue weighted by molar-refractivity contribution is -0.146. The number of aromatic nitrogens is 1. The maximum Gasteiger partial charge on any atom is 0.308 e. The summed E-state index contributed by atoms with van der Waals surface area (Å²) in [6, 6.07) is 13.4. The SMILES string of the molecule is CCN(C(=O)Cn1c(C(=O)NC2CCC(C(=O)OC)CC2)cc2sccc21)c1ccccc1. The van der Waals surface area contributed by atoms with E-state index in [1.165, 1.54) is 7.11 Å². The lowest BCUT2D eigenvalue weighted by Gasteiger charge is -2.27. The van der Waals surface area contributed by atoms with Crippen molar-refractivity contribution in [3.8, 4) is 0 Å². The molecule has 33 heavy (non-hydrogen) atoms. The number of nitrogens with zero attached hydrogens (tertiary/aromatic N) is 2. The van der Waals surface area contributed by atoms with Crippen LogP contribution >= 0.6 is 11.3 Å². The minimum Gasteiger partial charge on any atom is -0.469 e. The van der Waals surface area contributed by atoms with Gasteiger partial charge < -0.3 is 19.5 Å². The van der Waals surface area contributed by atoms with Crippen molar-refractivity contribution in [1.82, 2.24) is 9.88 Å². The standard InChI is InChI=1S/C25H29N3O4S/c1-3-27(19-7-5-4-6-8-19)23(29)16-28-20-13-14-33-22(20)15-21(28)24(30)26-18-11-9-17(10-12-18)25(31)32-2/h4-8,13-15,17-18H,3,9-12,16H2,1-2H3,(H,26,30). The first-order valence-corrected chi connectivity index (χ1v) is 12.2. The summed E-state index contributed by atoms with van der Waals surface area (Å²) in [4.78, 5) is 40.0. The molecule has 0 bridgehead atoms. The second-order valence-corrected chi connectivity index (χ2v) is 9.25. The van der Waals surface area contributed by atoms with Crippen LogP contribution in [0.2, 0.25) is 0 Å². The lowest BCUT2D eigenvalue weighted by atomic mass is 9.86. The van der Waals surface area contributed by atoms with Crippen LogP contribution in [-0.2, 0) is 20.9 Å². The van der Waals surface area contributed by atoms with Gasteiger partial charge in [0.1, 0.15) is 12.2 Å². The van der Waals surface area contributed by atoms with Crippen LogP contribution in [0.5, 0.6) is 0 Å². The molecular weight excluding hydrogens is 438 g/mol. The predicted octanol–water partition coefficient (Wildman–Crippen LogP) is 4.22. The zero-order valence-corrected chi connectivity index (χ0v) is 19.8. The molecule has 4 rings (SSSR count). The first kappa shape index (κ1) is 23.0. The van der Waals surface area contributed by atoms with Crippen molar-refractivity contribution >= 4 is 45.0 Å². The van der Waals surface area contributed by atoms with Crippen LogP contribution in [0, 0.1) is 5.92 Å².